The van der Waals surface area contributed by atoms with Crippen molar-refractivity contribution in [1.82, 2.24) is 4.57 Å². The van der Waals surface area contributed by atoms with Gasteiger partial charge in [-0.3, -0.25) is 0 Å². The average molecular weight is 234 g/mol. The predicted octanol–water partition coefficient (Wildman–Crippen LogP) is 3.67. The Morgan fingerprint density at radius 3 is 2.41 bits per heavy atom. The van der Waals surface area contributed by atoms with Gasteiger partial charge in [-0.15, -0.1) is 0 Å². The molecule has 1 aromatic rings. The van der Waals surface area contributed by atoms with E-state index >= 15 is 0 Å². The van der Waals surface area contributed by atoms with E-state index in [1.807, 2.05) is 0 Å². The van der Waals surface area contributed by atoms with Crippen LogP contribution in [0.5, 0.6) is 0 Å². The van der Waals surface area contributed by atoms with E-state index in [2.05, 4.69) is 69.5 Å². The van der Waals surface area contributed by atoms with E-state index in [0.717, 1.165) is 5.92 Å². The number of anilines is 1. The molecular weight excluding hydrogens is 208 g/mol. The van der Waals surface area contributed by atoms with Gasteiger partial charge in [0.25, 0.3) is 0 Å². The van der Waals surface area contributed by atoms with Crippen molar-refractivity contribution in [3.05, 3.63) is 18.3 Å². The van der Waals surface area contributed by atoms with Gasteiger partial charge in [0, 0.05) is 25.3 Å². The molecule has 2 heterocycles. The number of rotatable bonds is 2. The lowest BCUT2D eigenvalue weighted by atomic mass is 9.75. The second kappa shape index (κ2) is 4.08. The van der Waals surface area contributed by atoms with Crippen LogP contribution in [0.15, 0.2) is 18.3 Å². The van der Waals surface area contributed by atoms with E-state index in [0.29, 0.717) is 17.5 Å². The number of hydrogen-bond donors (Lipinski definition) is 0. The van der Waals surface area contributed by atoms with Crippen LogP contribution in [0.3, 0.4) is 0 Å². The molecule has 1 aromatic heterocycles. The zero-order chi connectivity index (χ0) is 12.8. The van der Waals surface area contributed by atoms with E-state index < -0.39 is 0 Å². The highest BCUT2D eigenvalue weighted by Gasteiger charge is 2.49. The maximum Gasteiger partial charge on any atom is 0.108 e. The summed E-state index contributed by atoms with van der Waals surface area (Å²) in [5, 5.41) is 0. The van der Waals surface area contributed by atoms with E-state index in [1.165, 1.54) is 12.2 Å². The lowest BCUT2D eigenvalue weighted by Crippen LogP contribution is -2.39. The molecule has 1 fully saturated rings. The maximum atomic E-state index is 2.63. The molecule has 2 nitrogen and oxygen atoms in total. The second-order valence-corrected chi connectivity index (χ2v) is 6.16. The standard InChI is InChI=1S/C15H26N2/c1-7-13-15(4,5)11(2)12(3)17(13)14-9-8-10-16(14)6/h8-13H,7H2,1-6H3/t11?,12-,13?/m0/s1. The molecule has 0 saturated carbocycles. The summed E-state index contributed by atoms with van der Waals surface area (Å²) in [5.74, 6) is 2.09. The highest BCUT2D eigenvalue weighted by Crippen LogP contribution is 2.47. The Kier molecular flexibility index (Phi) is 3.01. The molecule has 1 aliphatic rings. The van der Waals surface area contributed by atoms with Crippen molar-refractivity contribution in [2.24, 2.45) is 18.4 Å². The van der Waals surface area contributed by atoms with Gasteiger partial charge in [0.1, 0.15) is 5.82 Å². The van der Waals surface area contributed by atoms with E-state index in [4.69, 9.17) is 0 Å². The summed E-state index contributed by atoms with van der Waals surface area (Å²) in [6.45, 7) is 11.9. The summed E-state index contributed by atoms with van der Waals surface area (Å²) in [6, 6.07) is 5.64. The van der Waals surface area contributed by atoms with Crippen LogP contribution in [0.4, 0.5) is 5.82 Å². The fourth-order valence-corrected chi connectivity index (χ4v) is 3.62. The highest BCUT2D eigenvalue weighted by atomic mass is 15.3. The van der Waals surface area contributed by atoms with Crippen molar-refractivity contribution >= 4 is 5.82 Å². The minimum absolute atomic E-state index is 0.387. The Morgan fingerprint density at radius 1 is 1.29 bits per heavy atom. The molecule has 0 spiro atoms. The number of hydrogen-bond acceptors (Lipinski definition) is 1. The molecule has 2 rings (SSSR count). The first-order valence-corrected chi connectivity index (χ1v) is 6.81. The molecule has 3 atom stereocenters. The van der Waals surface area contributed by atoms with Gasteiger partial charge >= 0.3 is 0 Å². The van der Waals surface area contributed by atoms with Crippen molar-refractivity contribution in [1.29, 1.82) is 0 Å². The minimum Gasteiger partial charge on any atom is -0.352 e. The summed E-state index contributed by atoms with van der Waals surface area (Å²) >= 11 is 0. The first-order chi connectivity index (χ1) is 7.91. The van der Waals surface area contributed by atoms with Crippen molar-refractivity contribution in [3.8, 4) is 0 Å². The summed E-state index contributed by atoms with van der Waals surface area (Å²) in [6.07, 6.45) is 3.36. The normalized spacial score (nSPS) is 32.1. The van der Waals surface area contributed by atoms with Crippen LogP contribution in [0.25, 0.3) is 0 Å². The van der Waals surface area contributed by atoms with Crippen molar-refractivity contribution < 1.29 is 0 Å². The van der Waals surface area contributed by atoms with Crippen LogP contribution in [-0.2, 0) is 7.05 Å². The third-order valence-electron chi connectivity index (χ3n) is 5.10. The van der Waals surface area contributed by atoms with Gasteiger partial charge in [0.05, 0.1) is 0 Å². The Balaban J connectivity index is 2.43. The Bertz CT molecular complexity index is 391. The molecule has 0 bridgehead atoms. The first-order valence-electron chi connectivity index (χ1n) is 6.81. The van der Waals surface area contributed by atoms with Gasteiger partial charge in [0.15, 0.2) is 0 Å². The van der Waals surface area contributed by atoms with Crippen LogP contribution in [0, 0.1) is 11.3 Å². The fourth-order valence-electron chi connectivity index (χ4n) is 3.62. The molecule has 2 unspecified atom stereocenters. The Hall–Kier alpha value is -0.920. The number of nitrogens with zero attached hydrogens (tertiary/aromatic N) is 2. The van der Waals surface area contributed by atoms with Crippen LogP contribution in [-0.4, -0.2) is 16.7 Å². The monoisotopic (exact) mass is 234 g/mol. The summed E-state index contributed by atoms with van der Waals surface area (Å²) in [5.41, 5.74) is 0.387. The van der Waals surface area contributed by atoms with Gasteiger partial charge in [0.2, 0.25) is 0 Å². The van der Waals surface area contributed by atoms with Crippen LogP contribution >= 0.6 is 0 Å². The Labute approximate surface area is 106 Å². The van der Waals surface area contributed by atoms with E-state index in [-0.39, 0.29) is 0 Å². The zero-order valence-corrected chi connectivity index (χ0v) is 12.1. The molecule has 0 radical (unpaired) electrons. The fraction of sp³-hybridized carbons (Fsp3) is 0.733. The molecule has 0 amide bonds. The van der Waals surface area contributed by atoms with Gasteiger partial charge in [-0.05, 0) is 36.8 Å². The molecule has 0 aliphatic carbocycles. The largest absolute Gasteiger partial charge is 0.352 e. The second-order valence-electron chi connectivity index (χ2n) is 6.16. The molecule has 1 aliphatic heterocycles. The molecule has 0 aromatic carbocycles. The van der Waals surface area contributed by atoms with Crippen LogP contribution < -0.4 is 4.90 Å². The van der Waals surface area contributed by atoms with E-state index in [9.17, 15) is 0 Å². The topological polar surface area (TPSA) is 8.17 Å². The van der Waals surface area contributed by atoms with Crippen molar-refractivity contribution in [2.45, 2.75) is 53.1 Å². The maximum absolute atomic E-state index is 2.63. The lowest BCUT2D eigenvalue weighted by Gasteiger charge is -2.35. The summed E-state index contributed by atoms with van der Waals surface area (Å²) < 4.78 is 2.24. The third-order valence-corrected chi connectivity index (χ3v) is 5.10. The summed E-state index contributed by atoms with van der Waals surface area (Å²) in [4.78, 5) is 2.63. The molecule has 0 N–H and O–H groups in total. The molecule has 2 heteroatoms. The molecule has 17 heavy (non-hydrogen) atoms. The van der Waals surface area contributed by atoms with Crippen molar-refractivity contribution in [3.63, 3.8) is 0 Å². The van der Waals surface area contributed by atoms with Crippen LogP contribution in [0.2, 0.25) is 0 Å². The van der Waals surface area contributed by atoms with Gasteiger partial charge in [-0.1, -0.05) is 27.7 Å². The van der Waals surface area contributed by atoms with E-state index in [1.54, 1.807) is 0 Å². The van der Waals surface area contributed by atoms with Gasteiger partial charge in [-0.2, -0.15) is 0 Å². The lowest BCUT2D eigenvalue weighted by molar-refractivity contribution is 0.236. The minimum atomic E-state index is 0.387. The molecule has 1 saturated heterocycles. The summed E-state index contributed by atoms with van der Waals surface area (Å²) in [7, 11) is 2.14. The average Bonchev–Trinajstić information content (AvgIpc) is 2.75. The smallest absolute Gasteiger partial charge is 0.108 e. The number of aryl methyl sites for hydroxylation is 1. The molecular formula is C15H26N2. The highest BCUT2D eigenvalue weighted by molar-refractivity contribution is 5.46. The van der Waals surface area contributed by atoms with Crippen molar-refractivity contribution in [2.75, 3.05) is 4.90 Å². The number of aromatic nitrogens is 1. The van der Waals surface area contributed by atoms with Crippen LogP contribution in [0.1, 0.15) is 41.0 Å². The molecule has 96 valence electrons. The first kappa shape index (κ1) is 12.5. The quantitative estimate of drug-likeness (QED) is 0.758. The van der Waals surface area contributed by atoms with Gasteiger partial charge in [-0.25, -0.2) is 0 Å². The predicted molar refractivity (Wildman–Crippen MR) is 74.4 cm³/mol. The van der Waals surface area contributed by atoms with Gasteiger partial charge < -0.3 is 9.47 Å². The third kappa shape index (κ3) is 1.69. The zero-order valence-electron chi connectivity index (χ0n) is 12.1. The SMILES string of the molecule is CCC1N(c2cccn2C)[C@@H](C)C(C)C1(C)C. The Morgan fingerprint density at radius 2 is 1.94 bits per heavy atom.